The van der Waals surface area contributed by atoms with Crippen LogP contribution in [-0.2, 0) is 11.2 Å². The molecule has 1 saturated heterocycles. The van der Waals surface area contributed by atoms with Crippen LogP contribution < -0.4 is 15.4 Å². The second-order valence-corrected chi connectivity index (χ2v) is 7.14. The van der Waals surface area contributed by atoms with Crippen LogP contribution in [0.5, 0.6) is 5.75 Å². The van der Waals surface area contributed by atoms with Crippen LogP contribution in [0.3, 0.4) is 0 Å². The van der Waals surface area contributed by atoms with Crippen LogP contribution in [0, 0.1) is 0 Å². The maximum absolute atomic E-state index is 12.4. The molecule has 8 nitrogen and oxygen atoms in total. The molecule has 1 aliphatic rings. The number of piperazine rings is 1. The average molecular weight is 389 g/mol. The van der Waals surface area contributed by atoms with E-state index in [1.807, 2.05) is 17.0 Å². The number of thiazole rings is 1. The lowest BCUT2D eigenvalue weighted by Crippen LogP contribution is -2.47. The molecule has 144 valence electrons. The van der Waals surface area contributed by atoms with Crippen molar-refractivity contribution in [3.05, 3.63) is 35.3 Å². The fourth-order valence-electron chi connectivity index (χ4n) is 2.77. The molecule has 1 aromatic heterocycles. The van der Waals surface area contributed by atoms with E-state index in [1.165, 1.54) is 11.3 Å². The Morgan fingerprint density at radius 2 is 1.93 bits per heavy atom. The van der Waals surface area contributed by atoms with E-state index in [0.29, 0.717) is 22.3 Å². The third-order valence-electron chi connectivity index (χ3n) is 4.32. The Hall–Kier alpha value is -2.65. The molecule has 0 unspecified atom stereocenters. The number of benzene rings is 1. The molecular formula is C18H23N5O3S. The maximum Gasteiger partial charge on any atom is 0.325 e. The predicted octanol–water partition coefficient (Wildman–Crippen LogP) is 2.11. The number of likely N-dealkylation sites (N-methyl/N-ethyl adjacent to an activating group) is 1. The van der Waals surface area contributed by atoms with Gasteiger partial charge < -0.3 is 19.9 Å². The average Bonchev–Trinajstić information content (AvgIpc) is 3.09. The Labute approximate surface area is 162 Å². The molecule has 0 bridgehead atoms. The lowest BCUT2D eigenvalue weighted by molar-refractivity contribution is -0.132. The molecule has 0 atom stereocenters. The van der Waals surface area contributed by atoms with Crippen molar-refractivity contribution in [3.8, 4) is 5.75 Å². The summed E-state index contributed by atoms with van der Waals surface area (Å²) in [5, 5.41) is 7.66. The zero-order chi connectivity index (χ0) is 19.2. The number of rotatable bonds is 5. The topological polar surface area (TPSA) is 86.8 Å². The number of para-hydroxylation sites is 2. The molecule has 1 aromatic carbocycles. The number of urea groups is 1. The zero-order valence-corrected chi connectivity index (χ0v) is 16.2. The lowest BCUT2D eigenvalue weighted by Gasteiger charge is -2.32. The standard InChI is InChI=1S/C18H23N5O3S/c1-22-7-9-23(10-8-22)16(24)11-13-12-27-18(19-13)21-17(25)20-14-5-3-4-6-15(14)26-2/h3-6,12H,7-11H2,1-2H3,(H2,19,20,21,25). The van der Waals surface area contributed by atoms with E-state index in [2.05, 4.69) is 27.6 Å². The second kappa shape index (κ2) is 8.83. The molecule has 3 rings (SSSR count). The summed E-state index contributed by atoms with van der Waals surface area (Å²) in [6.07, 6.45) is 0.246. The van der Waals surface area contributed by atoms with E-state index in [1.54, 1.807) is 24.6 Å². The van der Waals surface area contributed by atoms with Crippen LogP contribution >= 0.6 is 11.3 Å². The summed E-state index contributed by atoms with van der Waals surface area (Å²) in [6.45, 7) is 3.26. The largest absolute Gasteiger partial charge is 0.495 e. The molecule has 9 heteroatoms. The van der Waals surface area contributed by atoms with Crippen LogP contribution in [0.1, 0.15) is 5.69 Å². The van der Waals surface area contributed by atoms with Gasteiger partial charge >= 0.3 is 6.03 Å². The van der Waals surface area contributed by atoms with Gasteiger partial charge in [0, 0.05) is 31.6 Å². The molecular weight excluding hydrogens is 366 g/mol. The molecule has 0 radical (unpaired) electrons. The van der Waals surface area contributed by atoms with Crippen molar-refractivity contribution in [2.45, 2.75) is 6.42 Å². The summed E-state index contributed by atoms with van der Waals surface area (Å²) in [5.41, 5.74) is 1.23. The Kier molecular flexibility index (Phi) is 6.25. The van der Waals surface area contributed by atoms with Crippen molar-refractivity contribution in [1.29, 1.82) is 0 Å². The van der Waals surface area contributed by atoms with Crippen molar-refractivity contribution in [1.82, 2.24) is 14.8 Å². The highest BCUT2D eigenvalue weighted by Gasteiger charge is 2.20. The fourth-order valence-corrected chi connectivity index (χ4v) is 3.47. The van der Waals surface area contributed by atoms with E-state index in [9.17, 15) is 9.59 Å². The van der Waals surface area contributed by atoms with Gasteiger partial charge in [0.25, 0.3) is 0 Å². The Morgan fingerprint density at radius 3 is 2.67 bits per heavy atom. The molecule has 0 aliphatic carbocycles. The van der Waals surface area contributed by atoms with Crippen molar-refractivity contribution in [2.75, 3.05) is 51.0 Å². The number of carbonyl (C=O) groups excluding carboxylic acids is 2. The molecule has 0 saturated carbocycles. The Bertz CT molecular complexity index is 802. The minimum absolute atomic E-state index is 0.0680. The summed E-state index contributed by atoms with van der Waals surface area (Å²) in [6, 6.07) is 6.74. The number of hydrogen-bond acceptors (Lipinski definition) is 6. The second-order valence-electron chi connectivity index (χ2n) is 6.28. The molecule has 3 amide bonds. The number of aromatic nitrogens is 1. The third-order valence-corrected chi connectivity index (χ3v) is 5.12. The number of ether oxygens (including phenoxy) is 1. The van der Waals surface area contributed by atoms with Crippen molar-refractivity contribution < 1.29 is 14.3 Å². The first-order valence-corrected chi connectivity index (χ1v) is 9.55. The number of nitrogens with zero attached hydrogens (tertiary/aromatic N) is 3. The van der Waals surface area contributed by atoms with Crippen molar-refractivity contribution >= 4 is 34.1 Å². The molecule has 1 aliphatic heterocycles. The maximum atomic E-state index is 12.4. The van der Waals surface area contributed by atoms with E-state index in [-0.39, 0.29) is 12.3 Å². The summed E-state index contributed by atoms with van der Waals surface area (Å²) >= 11 is 1.29. The van der Waals surface area contributed by atoms with E-state index in [4.69, 9.17) is 4.74 Å². The highest BCUT2D eigenvalue weighted by molar-refractivity contribution is 7.14. The van der Waals surface area contributed by atoms with Crippen LogP contribution in [0.15, 0.2) is 29.6 Å². The van der Waals surface area contributed by atoms with Gasteiger partial charge in [-0.3, -0.25) is 10.1 Å². The van der Waals surface area contributed by atoms with E-state index in [0.717, 1.165) is 26.2 Å². The number of hydrogen-bond donors (Lipinski definition) is 2. The highest BCUT2D eigenvalue weighted by atomic mass is 32.1. The van der Waals surface area contributed by atoms with Gasteiger partial charge in [-0.15, -0.1) is 11.3 Å². The smallest absolute Gasteiger partial charge is 0.325 e. The molecule has 2 heterocycles. The minimum atomic E-state index is -0.411. The van der Waals surface area contributed by atoms with Gasteiger partial charge in [0.2, 0.25) is 5.91 Å². The van der Waals surface area contributed by atoms with Crippen molar-refractivity contribution in [3.63, 3.8) is 0 Å². The summed E-state index contributed by atoms with van der Waals surface area (Å²) in [5.74, 6) is 0.642. The summed E-state index contributed by atoms with van der Waals surface area (Å²) in [7, 11) is 3.60. The van der Waals surface area contributed by atoms with Gasteiger partial charge in [-0.25, -0.2) is 9.78 Å². The Morgan fingerprint density at radius 1 is 1.19 bits per heavy atom. The molecule has 0 spiro atoms. The number of nitrogens with one attached hydrogen (secondary N) is 2. The SMILES string of the molecule is COc1ccccc1NC(=O)Nc1nc(CC(=O)N2CCN(C)CC2)cs1. The lowest BCUT2D eigenvalue weighted by atomic mass is 10.2. The van der Waals surface area contributed by atoms with Crippen LogP contribution in [-0.4, -0.2) is 67.1 Å². The van der Waals surface area contributed by atoms with E-state index < -0.39 is 6.03 Å². The van der Waals surface area contributed by atoms with Crippen LogP contribution in [0.4, 0.5) is 15.6 Å². The van der Waals surface area contributed by atoms with E-state index >= 15 is 0 Å². The van der Waals surface area contributed by atoms with Crippen LogP contribution in [0.2, 0.25) is 0 Å². The van der Waals surface area contributed by atoms with Gasteiger partial charge in [0.05, 0.1) is 24.9 Å². The summed E-state index contributed by atoms with van der Waals surface area (Å²) in [4.78, 5) is 33.0. The minimum Gasteiger partial charge on any atom is -0.495 e. The molecule has 27 heavy (non-hydrogen) atoms. The summed E-state index contributed by atoms with van der Waals surface area (Å²) < 4.78 is 5.21. The van der Waals surface area contributed by atoms with Gasteiger partial charge in [-0.1, -0.05) is 12.1 Å². The van der Waals surface area contributed by atoms with Gasteiger partial charge in [0.1, 0.15) is 5.75 Å². The van der Waals surface area contributed by atoms with Gasteiger partial charge in [-0.05, 0) is 19.2 Å². The first-order valence-electron chi connectivity index (χ1n) is 8.67. The monoisotopic (exact) mass is 389 g/mol. The van der Waals surface area contributed by atoms with Crippen LogP contribution in [0.25, 0.3) is 0 Å². The fraction of sp³-hybridized carbons (Fsp3) is 0.389. The molecule has 2 aromatic rings. The number of carbonyl (C=O) groups is 2. The number of methoxy groups -OCH3 is 1. The number of amides is 3. The first kappa shape index (κ1) is 19.1. The zero-order valence-electron chi connectivity index (χ0n) is 15.4. The van der Waals surface area contributed by atoms with Crippen molar-refractivity contribution in [2.24, 2.45) is 0 Å². The highest BCUT2D eigenvalue weighted by Crippen LogP contribution is 2.23. The van der Waals surface area contributed by atoms with Gasteiger partial charge in [0.15, 0.2) is 5.13 Å². The molecule has 1 fully saturated rings. The molecule has 2 N–H and O–H groups in total. The first-order chi connectivity index (χ1) is 13.0. The normalized spacial score (nSPS) is 14.7. The number of anilines is 2. The predicted molar refractivity (Wildman–Crippen MR) is 106 cm³/mol. The Balaban J connectivity index is 1.53. The third kappa shape index (κ3) is 5.18. The van der Waals surface area contributed by atoms with Gasteiger partial charge in [-0.2, -0.15) is 0 Å². The quantitative estimate of drug-likeness (QED) is 0.818.